The molecule has 0 amide bonds. The van der Waals surface area contributed by atoms with Crippen LogP contribution in [-0.2, 0) is 4.74 Å². The van der Waals surface area contributed by atoms with Crippen LogP contribution in [0.2, 0.25) is 0 Å². The van der Waals surface area contributed by atoms with E-state index in [1.807, 2.05) is 0 Å². The number of methoxy groups -OCH3 is 1. The molecule has 0 aromatic heterocycles. The number of nitrogens with zero attached hydrogens (tertiary/aromatic N) is 1. The van der Waals surface area contributed by atoms with E-state index in [0.717, 1.165) is 6.42 Å². The number of alkyl halides is 3. The Bertz CT molecular complexity index is 269. The predicted molar refractivity (Wildman–Crippen MR) is 62.4 cm³/mol. The van der Waals surface area contributed by atoms with Crippen LogP contribution < -0.4 is 5.32 Å². The summed E-state index contributed by atoms with van der Waals surface area (Å²) < 4.78 is 42.0. The van der Waals surface area contributed by atoms with Gasteiger partial charge in [-0.05, 0) is 25.2 Å². The lowest BCUT2D eigenvalue weighted by Gasteiger charge is -2.23. The smallest absolute Gasteiger partial charge is 0.383 e. The molecule has 1 saturated carbocycles. The molecule has 2 unspecified atom stereocenters. The van der Waals surface area contributed by atoms with Crippen molar-refractivity contribution in [3.63, 3.8) is 0 Å². The summed E-state index contributed by atoms with van der Waals surface area (Å²) in [6.07, 6.45) is -0.875. The zero-order valence-corrected chi connectivity index (χ0v) is 10.7. The fraction of sp³-hybridized carbons (Fsp3) is 1.00. The van der Waals surface area contributed by atoms with E-state index < -0.39 is 12.7 Å². The van der Waals surface area contributed by atoms with Gasteiger partial charge in [0.2, 0.25) is 0 Å². The molecule has 1 aliphatic carbocycles. The Kier molecular flexibility index (Phi) is 4.50. The molecule has 106 valence electrons. The Morgan fingerprint density at radius 2 is 2.06 bits per heavy atom. The standard InChI is InChI=1S/C12H21F3N2O/c1-18-7-11(9-2-3-9)16-10-4-5-17(6-10)8-12(13,14)15/h9-11,16H,2-8H2,1H3. The molecule has 1 heterocycles. The summed E-state index contributed by atoms with van der Waals surface area (Å²) in [5.74, 6) is 0.654. The van der Waals surface area contributed by atoms with Crippen molar-refractivity contribution in [2.45, 2.75) is 37.5 Å². The molecule has 0 aromatic rings. The van der Waals surface area contributed by atoms with Crippen LogP contribution in [0.25, 0.3) is 0 Å². The first-order valence-electron chi connectivity index (χ1n) is 6.52. The summed E-state index contributed by atoms with van der Waals surface area (Å²) in [5.41, 5.74) is 0. The molecular weight excluding hydrogens is 245 g/mol. The predicted octanol–water partition coefficient (Wildman–Crippen LogP) is 1.64. The second-order valence-corrected chi connectivity index (χ2v) is 5.40. The Balaban J connectivity index is 1.74. The topological polar surface area (TPSA) is 24.5 Å². The summed E-state index contributed by atoms with van der Waals surface area (Å²) in [4.78, 5) is 1.48. The summed E-state index contributed by atoms with van der Waals surface area (Å²) in [6.45, 7) is 0.887. The molecule has 0 radical (unpaired) electrons. The lowest BCUT2D eigenvalue weighted by Crippen LogP contribution is -2.44. The average Bonchev–Trinajstić information content (AvgIpc) is 3.00. The number of hydrogen-bond acceptors (Lipinski definition) is 3. The summed E-state index contributed by atoms with van der Waals surface area (Å²) in [5, 5.41) is 3.46. The molecule has 0 spiro atoms. The van der Waals surface area contributed by atoms with E-state index in [2.05, 4.69) is 5.32 Å². The minimum Gasteiger partial charge on any atom is -0.383 e. The van der Waals surface area contributed by atoms with E-state index in [-0.39, 0.29) is 6.04 Å². The largest absolute Gasteiger partial charge is 0.401 e. The van der Waals surface area contributed by atoms with Gasteiger partial charge in [-0.2, -0.15) is 13.2 Å². The fourth-order valence-corrected chi connectivity index (χ4v) is 2.67. The monoisotopic (exact) mass is 266 g/mol. The third-order valence-corrected chi connectivity index (χ3v) is 3.66. The van der Waals surface area contributed by atoms with E-state index in [4.69, 9.17) is 4.74 Å². The Morgan fingerprint density at radius 1 is 1.33 bits per heavy atom. The maximum Gasteiger partial charge on any atom is 0.401 e. The number of rotatable bonds is 6. The van der Waals surface area contributed by atoms with Gasteiger partial charge in [-0.3, -0.25) is 4.90 Å². The van der Waals surface area contributed by atoms with Gasteiger partial charge < -0.3 is 10.1 Å². The van der Waals surface area contributed by atoms with Gasteiger partial charge in [-0.25, -0.2) is 0 Å². The van der Waals surface area contributed by atoms with E-state index in [1.165, 1.54) is 17.7 Å². The van der Waals surface area contributed by atoms with Crippen molar-refractivity contribution in [3.05, 3.63) is 0 Å². The van der Waals surface area contributed by atoms with Crippen LogP contribution in [0.5, 0.6) is 0 Å². The minimum atomic E-state index is -4.09. The van der Waals surface area contributed by atoms with Crippen molar-refractivity contribution >= 4 is 0 Å². The molecule has 1 saturated heterocycles. The van der Waals surface area contributed by atoms with Gasteiger partial charge in [0.05, 0.1) is 13.2 Å². The number of likely N-dealkylation sites (tertiary alicyclic amines) is 1. The van der Waals surface area contributed by atoms with E-state index >= 15 is 0 Å². The van der Waals surface area contributed by atoms with Gasteiger partial charge in [-0.15, -0.1) is 0 Å². The number of nitrogens with one attached hydrogen (secondary N) is 1. The molecule has 2 atom stereocenters. The quantitative estimate of drug-likeness (QED) is 0.791. The normalized spacial score (nSPS) is 27.7. The number of halogens is 3. The van der Waals surface area contributed by atoms with Crippen molar-refractivity contribution in [1.29, 1.82) is 0 Å². The molecule has 2 fully saturated rings. The first-order valence-corrected chi connectivity index (χ1v) is 6.52. The molecule has 1 aliphatic heterocycles. The number of ether oxygens (including phenoxy) is 1. The van der Waals surface area contributed by atoms with Crippen LogP contribution in [0.3, 0.4) is 0 Å². The average molecular weight is 266 g/mol. The Labute approximate surface area is 106 Å². The van der Waals surface area contributed by atoms with Crippen LogP contribution in [-0.4, -0.2) is 56.5 Å². The zero-order valence-electron chi connectivity index (χ0n) is 10.7. The molecule has 3 nitrogen and oxygen atoms in total. The molecule has 0 aromatic carbocycles. The van der Waals surface area contributed by atoms with Crippen LogP contribution in [0.1, 0.15) is 19.3 Å². The minimum absolute atomic E-state index is 0.174. The first-order chi connectivity index (χ1) is 8.48. The fourth-order valence-electron chi connectivity index (χ4n) is 2.67. The van der Waals surface area contributed by atoms with Crippen LogP contribution in [0.15, 0.2) is 0 Å². The van der Waals surface area contributed by atoms with Crippen LogP contribution in [0.4, 0.5) is 13.2 Å². The lowest BCUT2D eigenvalue weighted by molar-refractivity contribution is -0.143. The molecule has 1 N–H and O–H groups in total. The van der Waals surface area contributed by atoms with E-state index in [1.54, 1.807) is 7.11 Å². The van der Waals surface area contributed by atoms with E-state index in [9.17, 15) is 13.2 Å². The van der Waals surface area contributed by atoms with Crippen molar-refractivity contribution in [3.8, 4) is 0 Å². The van der Waals surface area contributed by atoms with Crippen molar-refractivity contribution in [1.82, 2.24) is 10.2 Å². The molecule has 0 bridgehead atoms. The molecule has 6 heteroatoms. The molecule has 2 rings (SSSR count). The highest BCUT2D eigenvalue weighted by atomic mass is 19.4. The van der Waals surface area contributed by atoms with Crippen molar-refractivity contribution in [2.24, 2.45) is 5.92 Å². The highest BCUT2D eigenvalue weighted by Crippen LogP contribution is 2.33. The Morgan fingerprint density at radius 3 is 2.61 bits per heavy atom. The molecule has 18 heavy (non-hydrogen) atoms. The highest BCUT2D eigenvalue weighted by Gasteiger charge is 2.37. The maximum atomic E-state index is 12.3. The lowest BCUT2D eigenvalue weighted by atomic mass is 10.1. The molecular formula is C12H21F3N2O. The summed E-state index contributed by atoms with van der Waals surface area (Å²) >= 11 is 0. The van der Waals surface area contributed by atoms with Crippen LogP contribution >= 0.6 is 0 Å². The van der Waals surface area contributed by atoms with Gasteiger partial charge in [0.25, 0.3) is 0 Å². The third-order valence-electron chi connectivity index (χ3n) is 3.66. The summed E-state index contributed by atoms with van der Waals surface area (Å²) in [6, 6.07) is 0.485. The summed E-state index contributed by atoms with van der Waals surface area (Å²) in [7, 11) is 1.67. The van der Waals surface area contributed by atoms with Crippen molar-refractivity contribution in [2.75, 3.05) is 33.4 Å². The zero-order chi connectivity index (χ0) is 13.2. The Hall–Kier alpha value is -0.330. The first kappa shape index (κ1) is 14.1. The number of hydrogen-bond donors (Lipinski definition) is 1. The van der Waals surface area contributed by atoms with Gasteiger partial charge in [0, 0.05) is 32.3 Å². The van der Waals surface area contributed by atoms with Gasteiger partial charge in [0.15, 0.2) is 0 Å². The maximum absolute atomic E-state index is 12.3. The van der Waals surface area contributed by atoms with Gasteiger partial charge in [-0.1, -0.05) is 0 Å². The SMILES string of the molecule is COCC(NC1CCN(CC(F)(F)F)C1)C1CC1. The molecule has 2 aliphatic rings. The van der Waals surface area contributed by atoms with Gasteiger partial charge in [0.1, 0.15) is 0 Å². The second kappa shape index (κ2) is 5.75. The van der Waals surface area contributed by atoms with Gasteiger partial charge >= 0.3 is 6.18 Å². The van der Waals surface area contributed by atoms with Crippen molar-refractivity contribution < 1.29 is 17.9 Å². The highest BCUT2D eigenvalue weighted by molar-refractivity contribution is 4.91. The van der Waals surface area contributed by atoms with E-state index in [0.29, 0.717) is 31.7 Å². The third kappa shape index (κ3) is 4.40. The van der Waals surface area contributed by atoms with Crippen LogP contribution in [0, 0.1) is 5.92 Å². The second-order valence-electron chi connectivity index (χ2n) is 5.40.